The highest BCUT2D eigenvalue weighted by atomic mass is 16.5. The van der Waals surface area contributed by atoms with Gasteiger partial charge in [0, 0.05) is 25.4 Å². The van der Waals surface area contributed by atoms with Gasteiger partial charge in [-0.1, -0.05) is 12.1 Å². The molecule has 1 aromatic carbocycles. The van der Waals surface area contributed by atoms with E-state index in [1.165, 1.54) is 11.0 Å². The van der Waals surface area contributed by atoms with Gasteiger partial charge < -0.3 is 15.4 Å². The summed E-state index contributed by atoms with van der Waals surface area (Å²) in [6.45, 7) is 2.44. The number of benzene rings is 1. The van der Waals surface area contributed by atoms with E-state index in [1.807, 2.05) is 12.1 Å². The van der Waals surface area contributed by atoms with Gasteiger partial charge in [0.25, 0.3) is 0 Å². The Morgan fingerprint density at radius 1 is 1.30 bits per heavy atom. The lowest BCUT2D eigenvalue weighted by Gasteiger charge is -2.14. The van der Waals surface area contributed by atoms with Crippen molar-refractivity contribution in [3.63, 3.8) is 0 Å². The number of carbonyl (C=O) groups is 2. The van der Waals surface area contributed by atoms with E-state index < -0.39 is 0 Å². The molecule has 20 heavy (non-hydrogen) atoms. The molecule has 1 amide bonds. The summed E-state index contributed by atoms with van der Waals surface area (Å²) in [7, 11) is 1.65. The summed E-state index contributed by atoms with van der Waals surface area (Å²) < 4.78 is 4.81. The molecule has 5 heteroatoms. The number of ether oxygens (including phenoxy) is 1. The highest BCUT2D eigenvalue weighted by Crippen LogP contribution is 2.07. The van der Waals surface area contributed by atoms with Crippen molar-refractivity contribution in [2.24, 2.45) is 0 Å². The molecule has 0 aromatic heterocycles. The molecule has 0 aliphatic rings. The molecule has 0 heterocycles. The van der Waals surface area contributed by atoms with Gasteiger partial charge in [-0.3, -0.25) is 9.59 Å². The number of nitrogens with two attached hydrogens (primary N) is 1. The fourth-order valence-corrected chi connectivity index (χ4v) is 1.50. The number of anilines is 1. The molecule has 0 fully saturated rings. The molecule has 1 rings (SSSR count). The van der Waals surface area contributed by atoms with Gasteiger partial charge in [0.2, 0.25) is 5.91 Å². The lowest BCUT2D eigenvalue weighted by atomic mass is 10.2. The van der Waals surface area contributed by atoms with Gasteiger partial charge in [-0.15, -0.1) is 0 Å². The molecule has 0 saturated carbocycles. The smallest absolute Gasteiger partial charge is 0.307 e. The molecule has 5 nitrogen and oxygen atoms in total. The number of hydrogen-bond donors (Lipinski definition) is 1. The summed E-state index contributed by atoms with van der Waals surface area (Å²) >= 11 is 0. The zero-order chi connectivity index (χ0) is 15.0. The third-order valence-corrected chi connectivity index (χ3v) is 2.69. The summed E-state index contributed by atoms with van der Waals surface area (Å²) in [6.07, 6.45) is 3.38. The molecule has 0 radical (unpaired) electrons. The Bertz CT molecular complexity index is 480. The van der Waals surface area contributed by atoms with Crippen LogP contribution in [0.4, 0.5) is 5.69 Å². The van der Waals surface area contributed by atoms with Gasteiger partial charge in [-0.25, -0.2) is 0 Å². The first-order chi connectivity index (χ1) is 9.52. The molecule has 0 unspecified atom stereocenters. The van der Waals surface area contributed by atoms with Gasteiger partial charge in [0.15, 0.2) is 0 Å². The van der Waals surface area contributed by atoms with Crippen molar-refractivity contribution in [3.8, 4) is 0 Å². The average Bonchev–Trinajstić information content (AvgIpc) is 2.44. The fraction of sp³-hybridized carbons (Fsp3) is 0.333. The van der Waals surface area contributed by atoms with Gasteiger partial charge in [-0.05, 0) is 30.7 Å². The summed E-state index contributed by atoms with van der Waals surface area (Å²) in [5, 5.41) is 0. The first kappa shape index (κ1) is 15.8. The van der Waals surface area contributed by atoms with E-state index in [-0.39, 0.29) is 18.3 Å². The van der Waals surface area contributed by atoms with Gasteiger partial charge in [0.05, 0.1) is 13.0 Å². The van der Waals surface area contributed by atoms with E-state index in [2.05, 4.69) is 0 Å². The average molecular weight is 276 g/mol. The normalized spacial score (nSPS) is 10.5. The van der Waals surface area contributed by atoms with E-state index in [0.717, 1.165) is 5.56 Å². The number of hydrogen-bond acceptors (Lipinski definition) is 4. The van der Waals surface area contributed by atoms with Crippen molar-refractivity contribution < 1.29 is 14.3 Å². The molecule has 1 aromatic rings. The minimum absolute atomic E-state index is 0.161. The second kappa shape index (κ2) is 7.99. The summed E-state index contributed by atoms with van der Waals surface area (Å²) in [6, 6.07) is 7.21. The van der Waals surface area contributed by atoms with E-state index in [9.17, 15) is 9.59 Å². The molecule has 0 spiro atoms. The van der Waals surface area contributed by atoms with Crippen LogP contribution in [0.25, 0.3) is 6.08 Å². The van der Waals surface area contributed by atoms with Gasteiger partial charge >= 0.3 is 5.97 Å². The van der Waals surface area contributed by atoms with Crippen LogP contribution >= 0.6 is 0 Å². The minimum atomic E-state index is -0.297. The van der Waals surface area contributed by atoms with Crippen molar-refractivity contribution in [3.05, 3.63) is 35.9 Å². The van der Waals surface area contributed by atoms with Crippen LogP contribution in [0.3, 0.4) is 0 Å². The number of carbonyl (C=O) groups excluding carboxylic acids is 2. The number of rotatable bonds is 6. The third-order valence-electron chi connectivity index (χ3n) is 2.69. The molecule has 0 aliphatic heterocycles. The van der Waals surface area contributed by atoms with Crippen LogP contribution in [0.15, 0.2) is 30.3 Å². The lowest BCUT2D eigenvalue weighted by Crippen LogP contribution is -2.27. The molecule has 2 N–H and O–H groups in total. The highest BCUT2D eigenvalue weighted by Gasteiger charge is 2.08. The molecular weight excluding hydrogens is 256 g/mol. The summed E-state index contributed by atoms with van der Waals surface area (Å²) in [5.74, 6) is -0.458. The van der Waals surface area contributed by atoms with Crippen LogP contribution in [0.1, 0.15) is 18.9 Å². The molecular formula is C15H20N2O3. The third kappa shape index (κ3) is 5.56. The number of nitrogens with zero attached hydrogens (tertiary/aromatic N) is 1. The van der Waals surface area contributed by atoms with Crippen molar-refractivity contribution in [2.45, 2.75) is 13.3 Å². The zero-order valence-corrected chi connectivity index (χ0v) is 11.8. The van der Waals surface area contributed by atoms with Crippen molar-refractivity contribution in [2.75, 3.05) is 25.9 Å². The van der Waals surface area contributed by atoms with Crippen LogP contribution in [0.5, 0.6) is 0 Å². The molecule has 0 atom stereocenters. The largest absolute Gasteiger partial charge is 0.466 e. The highest BCUT2D eigenvalue weighted by molar-refractivity contribution is 5.91. The predicted molar refractivity (Wildman–Crippen MR) is 78.8 cm³/mol. The minimum Gasteiger partial charge on any atom is -0.466 e. The predicted octanol–water partition coefficient (Wildman–Crippen LogP) is 1.69. The zero-order valence-electron chi connectivity index (χ0n) is 11.8. The Hall–Kier alpha value is -2.30. The Balaban J connectivity index is 2.45. The second-order valence-electron chi connectivity index (χ2n) is 4.31. The van der Waals surface area contributed by atoms with Crippen LogP contribution in [0.2, 0.25) is 0 Å². The molecule has 108 valence electrons. The van der Waals surface area contributed by atoms with E-state index in [4.69, 9.17) is 10.5 Å². The van der Waals surface area contributed by atoms with Crippen molar-refractivity contribution in [1.29, 1.82) is 0 Å². The van der Waals surface area contributed by atoms with E-state index in [0.29, 0.717) is 18.8 Å². The van der Waals surface area contributed by atoms with Crippen molar-refractivity contribution in [1.82, 2.24) is 4.90 Å². The standard InChI is InChI=1S/C15H20N2O3/c1-3-20-15(19)10-11-17(2)14(18)9-6-12-4-7-13(16)8-5-12/h4-9H,3,10-11,16H2,1-2H3/b9-6+. The first-order valence-electron chi connectivity index (χ1n) is 6.47. The van der Waals surface area contributed by atoms with E-state index >= 15 is 0 Å². The monoisotopic (exact) mass is 276 g/mol. The fourth-order valence-electron chi connectivity index (χ4n) is 1.50. The number of nitrogen functional groups attached to an aromatic ring is 1. The Morgan fingerprint density at radius 3 is 2.55 bits per heavy atom. The molecule has 0 saturated heterocycles. The Labute approximate surface area is 119 Å². The number of likely N-dealkylation sites (N-methyl/N-ethyl adjacent to an activating group) is 1. The Morgan fingerprint density at radius 2 is 1.95 bits per heavy atom. The van der Waals surface area contributed by atoms with E-state index in [1.54, 1.807) is 32.2 Å². The maximum Gasteiger partial charge on any atom is 0.307 e. The first-order valence-corrected chi connectivity index (χ1v) is 6.47. The Kier molecular flexibility index (Phi) is 6.29. The summed E-state index contributed by atoms with van der Waals surface area (Å²) in [5.41, 5.74) is 7.16. The lowest BCUT2D eigenvalue weighted by molar-refractivity contribution is -0.143. The van der Waals surface area contributed by atoms with Gasteiger partial charge in [-0.2, -0.15) is 0 Å². The SMILES string of the molecule is CCOC(=O)CCN(C)C(=O)/C=C/c1ccc(N)cc1. The maximum absolute atomic E-state index is 11.8. The summed E-state index contributed by atoms with van der Waals surface area (Å²) in [4.78, 5) is 24.5. The van der Waals surface area contributed by atoms with Gasteiger partial charge in [0.1, 0.15) is 0 Å². The maximum atomic E-state index is 11.8. The quantitative estimate of drug-likeness (QED) is 0.487. The number of amides is 1. The van der Waals surface area contributed by atoms with Crippen LogP contribution in [-0.4, -0.2) is 37.0 Å². The topological polar surface area (TPSA) is 72.6 Å². The van der Waals surface area contributed by atoms with Crippen LogP contribution in [-0.2, 0) is 14.3 Å². The van der Waals surface area contributed by atoms with Crippen molar-refractivity contribution >= 4 is 23.6 Å². The molecule has 0 bridgehead atoms. The molecule has 0 aliphatic carbocycles. The number of esters is 1. The van der Waals surface area contributed by atoms with Crippen LogP contribution < -0.4 is 5.73 Å². The second-order valence-corrected chi connectivity index (χ2v) is 4.31. The van der Waals surface area contributed by atoms with Crippen LogP contribution in [0, 0.1) is 0 Å².